The van der Waals surface area contributed by atoms with E-state index in [0.717, 1.165) is 38.4 Å². The highest BCUT2D eigenvalue weighted by Crippen LogP contribution is 2.13. The van der Waals surface area contributed by atoms with Gasteiger partial charge in [0.15, 0.2) is 0 Å². The van der Waals surface area contributed by atoms with Crippen LogP contribution in [0.4, 0.5) is 0 Å². The monoisotopic (exact) mass is 226 g/mol. The first-order chi connectivity index (χ1) is 7.65. The van der Waals surface area contributed by atoms with Gasteiger partial charge in [0.1, 0.15) is 0 Å². The van der Waals surface area contributed by atoms with E-state index in [0.29, 0.717) is 5.91 Å². The highest BCUT2D eigenvalue weighted by atomic mass is 16.2. The molecule has 1 fully saturated rings. The van der Waals surface area contributed by atoms with Crippen molar-refractivity contribution < 1.29 is 4.79 Å². The molecule has 1 saturated heterocycles. The highest BCUT2D eigenvalue weighted by molar-refractivity contribution is 5.83. The summed E-state index contributed by atoms with van der Waals surface area (Å²) in [6.07, 6.45) is 4.66. The molecule has 0 saturated carbocycles. The SMILES string of the molecule is CCNC1CCN(CCCCC(C)C)C1=O. The van der Waals surface area contributed by atoms with E-state index in [9.17, 15) is 4.79 Å². The third-order valence-electron chi connectivity index (χ3n) is 3.21. The Balaban J connectivity index is 2.16. The molecule has 0 aromatic heterocycles. The first kappa shape index (κ1) is 13.5. The van der Waals surface area contributed by atoms with Crippen LogP contribution in [-0.2, 0) is 4.79 Å². The maximum Gasteiger partial charge on any atom is 0.239 e. The van der Waals surface area contributed by atoms with Crippen molar-refractivity contribution in [3.05, 3.63) is 0 Å². The Morgan fingerprint density at radius 2 is 2.19 bits per heavy atom. The van der Waals surface area contributed by atoms with Gasteiger partial charge in [-0.1, -0.05) is 33.6 Å². The van der Waals surface area contributed by atoms with Gasteiger partial charge in [-0.2, -0.15) is 0 Å². The zero-order valence-corrected chi connectivity index (χ0v) is 11.0. The smallest absolute Gasteiger partial charge is 0.239 e. The third-order valence-corrected chi connectivity index (χ3v) is 3.21. The lowest BCUT2D eigenvalue weighted by Gasteiger charge is -2.17. The van der Waals surface area contributed by atoms with E-state index in [1.54, 1.807) is 0 Å². The minimum absolute atomic E-state index is 0.0927. The van der Waals surface area contributed by atoms with Gasteiger partial charge in [0.25, 0.3) is 0 Å². The molecular formula is C13H26N2O. The fourth-order valence-corrected chi connectivity index (χ4v) is 2.25. The standard InChI is InChI=1S/C13H26N2O/c1-4-14-12-8-10-15(13(12)16)9-6-5-7-11(2)3/h11-12,14H,4-10H2,1-3H3. The summed E-state index contributed by atoms with van der Waals surface area (Å²) in [6, 6.07) is 0.0927. The number of likely N-dealkylation sites (tertiary alicyclic amines) is 1. The second-order valence-corrected chi connectivity index (χ2v) is 5.11. The van der Waals surface area contributed by atoms with Crippen LogP contribution in [0.2, 0.25) is 0 Å². The molecule has 1 rings (SSSR count). The van der Waals surface area contributed by atoms with Gasteiger partial charge in [0.05, 0.1) is 6.04 Å². The zero-order valence-electron chi connectivity index (χ0n) is 11.0. The zero-order chi connectivity index (χ0) is 12.0. The molecule has 3 heteroatoms. The number of unbranched alkanes of at least 4 members (excludes halogenated alkanes) is 1. The van der Waals surface area contributed by atoms with Crippen LogP contribution in [0.3, 0.4) is 0 Å². The van der Waals surface area contributed by atoms with E-state index in [1.165, 1.54) is 12.8 Å². The van der Waals surface area contributed by atoms with Gasteiger partial charge in [-0.05, 0) is 25.3 Å². The molecule has 0 aromatic rings. The number of hydrogen-bond acceptors (Lipinski definition) is 2. The number of rotatable bonds is 7. The van der Waals surface area contributed by atoms with E-state index < -0.39 is 0 Å². The Morgan fingerprint density at radius 1 is 1.44 bits per heavy atom. The van der Waals surface area contributed by atoms with Gasteiger partial charge >= 0.3 is 0 Å². The fourth-order valence-electron chi connectivity index (χ4n) is 2.25. The maximum absolute atomic E-state index is 11.9. The molecule has 1 heterocycles. The lowest BCUT2D eigenvalue weighted by Crippen LogP contribution is -2.38. The van der Waals surface area contributed by atoms with Crippen LogP contribution < -0.4 is 5.32 Å². The minimum atomic E-state index is 0.0927. The second-order valence-electron chi connectivity index (χ2n) is 5.11. The van der Waals surface area contributed by atoms with Crippen LogP contribution in [0.15, 0.2) is 0 Å². The molecule has 1 amide bonds. The number of nitrogens with zero attached hydrogens (tertiary/aromatic N) is 1. The van der Waals surface area contributed by atoms with Crippen molar-refractivity contribution in [1.82, 2.24) is 10.2 Å². The first-order valence-electron chi connectivity index (χ1n) is 6.67. The van der Waals surface area contributed by atoms with Crippen LogP contribution in [0.25, 0.3) is 0 Å². The molecule has 1 aliphatic rings. The Morgan fingerprint density at radius 3 is 2.81 bits per heavy atom. The van der Waals surface area contributed by atoms with Crippen molar-refractivity contribution in [2.75, 3.05) is 19.6 Å². The summed E-state index contributed by atoms with van der Waals surface area (Å²) in [5, 5.41) is 3.24. The van der Waals surface area contributed by atoms with Crippen molar-refractivity contribution in [2.24, 2.45) is 5.92 Å². The molecular weight excluding hydrogens is 200 g/mol. The van der Waals surface area contributed by atoms with E-state index >= 15 is 0 Å². The maximum atomic E-state index is 11.9. The van der Waals surface area contributed by atoms with Crippen molar-refractivity contribution >= 4 is 5.91 Å². The quantitative estimate of drug-likeness (QED) is 0.674. The number of amides is 1. The minimum Gasteiger partial charge on any atom is -0.341 e. The summed E-state index contributed by atoms with van der Waals surface area (Å²) >= 11 is 0. The van der Waals surface area contributed by atoms with E-state index in [2.05, 4.69) is 26.1 Å². The van der Waals surface area contributed by atoms with Gasteiger partial charge in [0, 0.05) is 13.1 Å². The topological polar surface area (TPSA) is 32.3 Å². The molecule has 94 valence electrons. The second kappa shape index (κ2) is 6.89. The Kier molecular flexibility index (Phi) is 5.81. The molecule has 3 nitrogen and oxygen atoms in total. The molecule has 1 aliphatic heterocycles. The van der Waals surface area contributed by atoms with Crippen molar-refractivity contribution in [3.63, 3.8) is 0 Å². The lowest BCUT2D eigenvalue weighted by atomic mass is 10.1. The van der Waals surface area contributed by atoms with Crippen LogP contribution in [-0.4, -0.2) is 36.5 Å². The summed E-state index contributed by atoms with van der Waals surface area (Å²) in [5.41, 5.74) is 0. The largest absolute Gasteiger partial charge is 0.341 e. The van der Waals surface area contributed by atoms with E-state index in [4.69, 9.17) is 0 Å². The molecule has 0 aromatic carbocycles. The Bertz CT molecular complexity index is 216. The molecule has 1 unspecified atom stereocenters. The molecule has 1 N–H and O–H groups in total. The molecule has 0 bridgehead atoms. The van der Waals surface area contributed by atoms with E-state index in [1.807, 2.05) is 4.90 Å². The van der Waals surface area contributed by atoms with Gasteiger partial charge in [-0.3, -0.25) is 4.79 Å². The summed E-state index contributed by atoms with van der Waals surface area (Å²) in [4.78, 5) is 13.9. The highest BCUT2D eigenvalue weighted by Gasteiger charge is 2.29. The van der Waals surface area contributed by atoms with Crippen LogP contribution in [0.1, 0.15) is 46.5 Å². The molecule has 1 atom stereocenters. The van der Waals surface area contributed by atoms with Crippen LogP contribution >= 0.6 is 0 Å². The molecule has 0 radical (unpaired) electrons. The average Bonchev–Trinajstić information content (AvgIpc) is 2.57. The van der Waals surface area contributed by atoms with Crippen molar-refractivity contribution in [2.45, 2.75) is 52.5 Å². The predicted octanol–water partition coefficient (Wildman–Crippen LogP) is 2.02. The van der Waals surface area contributed by atoms with Gasteiger partial charge in [-0.25, -0.2) is 0 Å². The van der Waals surface area contributed by atoms with Crippen LogP contribution in [0, 0.1) is 5.92 Å². The van der Waals surface area contributed by atoms with Gasteiger partial charge in [-0.15, -0.1) is 0 Å². The molecule has 0 aliphatic carbocycles. The molecule has 0 spiro atoms. The fraction of sp³-hybridized carbons (Fsp3) is 0.923. The Labute approximate surface area is 99.6 Å². The molecule has 16 heavy (non-hydrogen) atoms. The summed E-state index contributed by atoms with van der Waals surface area (Å²) in [5.74, 6) is 1.09. The summed E-state index contributed by atoms with van der Waals surface area (Å²) < 4.78 is 0. The van der Waals surface area contributed by atoms with Crippen LogP contribution in [0.5, 0.6) is 0 Å². The number of hydrogen-bond donors (Lipinski definition) is 1. The number of likely N-dealkylation sites (N-methyl/N-ethyl adjacent to an activating group) is 1. The first-order valence-corrected chi connectivity index (χ1v) is 6.67. The van der Waals surface area contributed by atoms with Gasteiger partial charge in [0.2, 0.25) is 5.91 Å². The van der Waals surface area contributed by atoms with Gasteiger partial charge < -0.3 is 10.2 Å². The Hall–Kier alpha value is -0.570. The number of carbonyl (C=O) groups excluding carboxylic acids is 1. The van der Waals surface area contributed by atoms with Crippen molar-refractivity contribution in [1.29, 1.82) is 0 Å². The number of carbonyl (C=O) groups is 1. The third kappa shape index (κ3) is 4.12. The van der Waals surface area contributed by atoms with Crippen molar-refractivity contribution in [3.8, 4) is 0 Å². The number of nitrogens with one attached hydrogen (secondary N) is 1. The van der Waals surface area contributed by atoms with E-state index in [-0.39, 0.29) is 6.04 Å². The predicted molar refractivity (Wildman–Crippen MR) is 67.4 cm³/mol. The summed E-state index contributed by atoms with van der Waals surface area (Å²) in [6.45, 7) is 9.34. The average molecular weight is 226 g/mol. The lowest BCUT2D eigenvalue weighted by molar-refractivity contribution is -0.129. The normalized spacial score (nSPS) is 21.1. The summed E-state index contributed by atoms with van der Waals surface area (Å²) in [7, 11) is 0.